The van der Waals surface area contributed by atoms with E-state index in [0.29, 0.717) is 12.5 Å². The third kappa shape index (κ3) is 3.38. The van der Waals surface area contributed by atoms with Crippen molar-refractivity contribution in [3.8, 4) is 11.1 Å². The van der Waals surface area contributed by atoms with Crippen LogP contribution in [0, 0.1) is 0 Å². The molecule has 0 aliphatic heterocycles. The largest absolute Gasteiger partial charge is 0.337 e. The molecule has 0 spiro atoms. The van der Waals surface area contributed by atoms with Gasteiger partial charge in [0, 0.05) is 29.5 Å². The van der Waals surface area contributed by atoms with Gasteiger partial charge in [-0.2, -0.15) is 0 Å². The van der Waals surface area contributed by atoms with Crippen LogP contribution in [0.5, 0.6) is 0 Å². The van der Waals surface area contributed by atoms with Crippen molar-refractivity contribution in [1.29, 1.82) is 0 Å². The first kappa shape index (κ1) is 13.7. The van der Waals surface area contributed by atoms with Gasteiger partial charge < -0.3 is 4.90 Å². The molecule has 2 aromatic rings. The molecule has 0 aliphatic carbocycles. The van der Waals surface area contributed by atoms with Gasteiger partial charge in [0.05, 0.1) is 6.54 Å². The minimum Gasteiger partial charge on any atom is -0.337 e. The number of benzene rings is 1. The van der Waals surface area contributed by atoms with E-state index in [0.717, 1.165) is 15.6 Å². The summed E-state index contributed by atoms with van der Waals surface area (Å²) in [6.07, 6.45) is 3.53. The van der Waals surface area contributed by atoms with E-state index in [1.807, 2.05) is 24.3 Å². The number of nitrogens with zero attached hydrogens (tertiary/aromatic N) is 3. The third-order valence-electron chi connectivity index (χ3n) is 2.62. The Morgan fingerprint density at radius 2 is 1.89 bits per heavy atom. The minimum atomic E-state index is 0.0842. The molecule has 2 rings (SSSR count). The highest BCUT2D eigenvalue weighted by molar-refractivity contribution is 9.10. The van der Waals surface area contributed by atoms with Crippen molar-refractivity contribution in [2.45, 2.75) is 6.92 Å². The zero-order chi connectivity index (χ0) is 13.8. The van der Waals surface area contributed by atoms with Crippen molar-refractivity contribution in [2.75, 3.05) is 18.5 Å². The van der Waals surface area contributed by atoms with Gasteiger partial charge in [-0.05, 0) is 18.6 Å². The summed E-state index contributed by atoms with van der Waals surface area (Å²) < 4.78 is 1.00. The Hall–Kier alpha value is -1.75. The summed E-state index contributed by atoms with van der Waals surface area (Å²) >= 11 is 3.50. The summed E-state index contributed by atoms with van der Waals surface area (Å²) in [5.41, 5.74) is 1.98. The second-order valence-corrected chi connectivity index (χ2v) is 5.16. The molecule has 0 atom stereocenters. The van der Waals surface area contributed by atoms with Crippen LogP contribution in [-0.2, 0) is 4.79 Å². The zero-order valence-corrected chi connectivity index (χ0v) is 12.4. The van der Waals surface area contributed by atoms with Gasteiger partial charge >= 0.3 is 0 Å². The van der Waals surface area contributed by atoms with Crippen molar-refractivity contribution in [3.63, 3.8) is 0 Å². The number of Topliss-reactive ketones (excluding diaryl/α,β-unsaturated/α-hetero) is 1. The van der Waals surface area contributed by atoms with Crippen molar-refractivity contribution in [1.82, 2.24) is 9.97 Å². The van der Waals surface area contributed by atoms with E-state index in [-0.39, 0.29) is 5.78 Å². The number of anilines is 1. The zero-order valence-electron chi connectivity index (χ0n) is 10.8. The lowest BCUT2D eigenvalue weighted by Gasteiger charge is -2.15. The van der Waals surface area contributed by atoms with Gasteiger partial charge in [0.25, 0.3) is 0 Å². The van der Waals surface area contributed by atoms with Gasteiger partial charge in [0.15, 0.2) is 0 Å². The van der Waals surface area contributed by atoms with Gasteiger partial charge in [-0.15, -0.1) is 0 Å². The smallest absolute Gasteiger partial charge is 0.225 e. The highest BCUT2D eigenvalue weighted by Gasteiger charge is 2.08. The van der Waals surface area contributed by atoms with Gasteiger partial charge in [-0.25, -0.2) is 9.97 Å². The van der Waals surface area contributed by atoms with Crippen molar-refractivity contribution < 1.29 is 4.79 Å². The Balaban J connectivity index is 2.24. The van der Waals surface area contributed by atoms with Crippen LogP contribution in [-0.4, -0.2) is 29.3 Å². The lowest BCUT2D eigenvalue weighted by atomic mass is 10.1. The monoisotopic (exact) mass is 319 g/mol. The summed E-state index contributed by atoms with van der Waals surface area (Å²) in [6.45, 7) is 1.86. The number of hydrogen-bond donors (Lipinski definition) is 0. The molecule has 0 unspecified atom stereocenters. The normalized spacial score (nSPS) is 10.3. The van der Waals surface area contributed by atoms with Crippen LogP contribution >= 0.6 is 15.9 Å². The number of likely N-dealkylation sites (N-methyl/N-ethyl adjacent to an activating group) is 1. The number of ketones is 1. The lowest BCUT2D eigenvalue weighted by molar-refractivity contribution is -0.115. The van der Waals surface area contributed by atoms with Crippen LogP contribution in [0.15, 0.2) is 41.1 Å². The van der Waals surface area contributed by atoms with Gasteiger partial charge in [-0.3, -0.25) is 4.79 Å². The summed E-state index contributed by atoms with van der Waals surface area (Å²) in [5, 5.41) is 0. The highest BCUT2D eigenvalue weighted by atomic mass is 79.9. The minimum absolute atomic E-state index is 0.0842. The van der Waals surface area contributed by atoms with Crippen LogP contribution in [0.4, 0.5) is 5.95 Å². The number of rotatable bonds is 4. The van der Waals surface area contributed by atoms with E-state index in [1.54, 1.807) is 31.3 Å². The molecule has 0 saturated heterocycles. The Bertz CT molecular complexity index is 583. The lowest BCUT2D eigenvalue weighted by Crippen LogP contribution is -2.25. The van der Waals surface area contributed by atoms with Gasteiger partial charge in [0.1, 0.15) is 5.78 Å². The van der Waals surface area contributed by atoms with Gasteiger partial charge in [-0.1, -0.05) is 34.1 Å². The van der Waals surface area contributed by atoms with Crippen LogP contribution < -0.4 is 4.90 Å². The molecule has 0 fully saturated rings. The van der Waals surface area contributed by atoms with E-state index >= 15 is 0 Å². The third-order valence-corrected chi connectivity index (χ3v) is 3.32. The number of carbonyl (C=O) groups excluding carboxylic acids is 1. The maximum absolute atomic E-state index is 11.1. The summed E-state index contributed by atoms with van der Waals surface area (Å²) in [6, 6.07) is 7.91. The van der Waals surface area contributed by atoms with Crippen molar-refractivity contribution in [2.24, 2.45) is 0 Å². The average molecular weight is 320 g/mol. The Morgan fingerprint density at radius 3 is 2.47 bits per heavy atom. The molecule has 1 aromatic heterocycles. The molecule has 1 aromatic carbocycles. The molecule has 0 amide bonds. The first-order valence-electron chi connectivity index (χ1n) is 5.85. The van der Waals surface area contributed by atoms with E-state index in [2.05, 4.69) is 25.9 Å². The molecular weight excluding hydrogens is 306 g/mol. The molecule has 98 valence electrons. The predicted octanol–water partition coefficient (Wildman–Crippen LogP) is 2.93. The number of hydrogen-bond acceptors (Lipinski definition) is 4. The molecule has 0 bridgehead atoms. The Morgan fingerprint density at radius 1 is 1.26 bits per heavy atom. The Kier molecular flexibility index (Phi) is 4.27. The quantitative estimate of drug-likeness (QED) is 0.869. The number of aromatic nitrogens is 2. The van der Waals surface area contributed by atoms with Gasteiger partial charge in [0.2, 0.25) is 5.95 Å². The molecular formula is C14H14BrN3O. The maximum Gasteiger partial charge on any atom is 0.225 e. The molecule has 0 radical (unpaired) electrons. The number of halogens is 1. The fraction of sp³-hybridized carbons (Fsp3) is 0.214. The molecule has 19 heavy (non-hydrogen) atoms. The summed E-state index contributed by atoms with van der Waals surface area (Å²) in [5.74, 6) is 0.631. The molecule has 0 N–H and O–H groups in total. The van der Waals surface area contributed by atoms with E-state index in [9.17, 15) is 4.79 Å². The maximum atomic E-state index is 11.1. The van der Waals surface area contributed by atoms with Crippen LogP contribution in [0.1, 0.15) is 6.92 Å². The molecule has 1 heterocycles. The average Bonchev–Trinajstić information content (AvgIpc) is 2.39. The highest BCUT2D eigenvalue weighted by Crippen LogP contribution is 2.27. The summed E-state index contributed by atoms with van der Waals surface area (Å²) in [4.78, 5) is 21.4. The fourth-order valence-electron chi connectivity index (χ4n) is 1.76. The standard InChI is InChI=1S/C14H14BrN3O/c1-10(19)9-18(2)14-16-7-11(8-17-14)12-5-3-4-6-13(12)15/h3-8H,9H2,1-2H3. The van der Waals surface area contributed by atoms with Crippen LogP contribution in [0.2, 0.25) is 0 Å². The first-order chi connectivity index (χ1) is 9.08. The SMILES string of the molecule is CC(=O)CN(C)c1ncc(-c2ccccc2Br)cn1. The van der Waals surface area contributed by atoms with Crippen LogP contribution in [0.25, 0.3) is 11.1 Å². The first-order valence-corrected chi connectivity index (χ1v) is 6.65. The van der Waals surface area contributed by atoms with E-state index in [1.165, 1.54) is 0 Å². The van der Waals surface area contributed by atoms with Crippen molar-refractivity contribution in [3.05, 3.63) is 41.1 Å². The number of carbonyl (C=O) groups is 1. The Labute approximate surface area is 120 Å². The summed E-state index contributed by atoms with van der Waals surface area (Å²) in [7, 11) is 1.80. The van der Waals surface area contributed by atoms with Crippen LogP contribution in [0.3, 0.4) is 0 Å². The molecule has 4 nitrogen and oxygen atoms in total. The molecule has 0 aliphatic rings. The molecule has 0 saturated carbocycles. The van der Waals surface area contributed by atoms with Crippen molar-refractivity contribution >= 4 is 27.7 Å². The topological polar surface area (TPSA) is 46.1 Å². The van der Waals surface area contributed by atoms with E-state index < -0.39 is 0 Å². The van der Waals surface area contributed by atoms with E-state index in [4.69, 9.17) is 0 Å². The second kappa shape index (κ2) is 5.93. The molecule has 5 heteroatoms. The predicted molar refractivity (Wildman–Crippen MR) is 79.1 cm³/mol. The fourth-order valence-corrected chi connectivity index (χ4v) is 2.27. The second-order valence-electron chi connectivity index (χ2n) is 4.31.